The maximum absolute atomic E-state index is 12.3. The Kier molecular flexibility index (Phi) is 6.16. The summed E-state index contributed by atoms with van der Waals surface area (Å²) in [6.07, 6.45) is -1.75. The molecule has 4 N–H and O–H groups in total. The molecule has 1 atom stereocenters. The number of halogens is 3. The molecule has 0 fully saturated rings. The standard InChI is InChI=1S/C22H20N2OS.C2HF3O2/c23-22(25)21-19(15-10-5-7-13-6-1-2-8-14(13)15)17-12-24-18-11-4-3-9-16(18)20(17)26-21;3-2(4,5)1(6)7/h1-4,6,8-9,11,15,24H,5,7,10,12H2,(H2,23,25);(H,6,7). The number of hydrogen-bond acceptors (Lipinski definition) is 4. The van der Waals surface area contributed by atoms with Gasteiger partial charge in [0.05, 0.1) is 4.88 Å². The fraction of sp³-hybridized carbons (Fsp3) is 0.250. The van der Waals surface area contributed by atoms with E-state index in [4.69, 9.17) is 15.6 Å². The number of nitrogens with one attached hydrogen (secondary N) is 1. The van der Waals surface area contributed by atoms with Crippen LogP contribution in [0.3, 0.4) is 0 Å². The number of nitrogens with two attached hydrogens (primary N) is 1. The predicted octanol–water partition coefficient (Wildman–Crippen LogP) is 5.54. The molecule has 0 bridgehead atoms. The van der Waals surface area contributed by atoms with Gasteiger partial charge < -0.3 is 16.2 Å². The first-order valence-electron chi connectivity index (χ1n) is 10.3. The van der Waals surface area contributed by atoms with Crippen molar-refractivity contribution >= 4 is 28.9 Å². The molecule has 0 radical (unpaired) electrons. The largest absolute Gasteiger partial charge is 0.490 e. The van der Waals surface area contributed by atoms with Crippen LogP contribution in [0.25, 0.3) is 10.4 Å². The zero-order chi connectivity index (χ0) is 23.8. The van der Waals surface area contributed by atoms with Crippen LogP contribution in [-0.2, 0) is 17.8 Å². The number of primary amides is 1. The van der Waals surface area contributed by atoms with Crippen LogP contribution in [0.15, 0.2) is 48.5 Å². The number of carbonyl (C=O) groups is 2. The Hall–Kier alpha value is -3.33. The van der Waals surface area contributed by atoms with Crippen LogP contribution >= 0.6 is 11.3 Å². The summed E-state index contributed by atoms with van der Waals surface area (Å²) in [5.41, 5.74) is 13.3. The van der Waals surface area contributed by atoms with Crippen LogP contribution < -0.4 is 11.1 Å². The fourth-order valence-electron chi connectivity index (χ4n) is 4.50. The molecule has 2 aliphatic rings. The Bertz CT molecular complexity index is 1220. The normalized spacial score (nSPS) is 16.3. The second kappa shape index (κ2) is 8.90. The third-order valence-corrected chi connectivity index (χ3v) is 7.16. The average Bonchev–Trinajstić information content (AvgIpc) is 3.19. The van der Waals surface area contributed by atoms with E-state index in [0.29, 0.717) is 0 Å². The Morgan fingerprint density at radius 1 is 1.09 bits per heavy atom. The minimum Gasteiger partial charge on any atom is -0.475 e. The van der Waals surface area contributed by atoms with Gasteiger partial charge in [0.1, 0.15) is 0 Å². The molecule has 1 unspecified atom stereocenters. The van der Waals surface area contributed by atoms with Crippen LogP contribution in [-0.4, -0.2) is 23.2 Å². The van der Waals surface area contributed by atoms with E-state index in [-0.39, 0.29) is 11.8 Å². The lowest BCUT2D eigenvalue weighted by molar-refractivity contribution is -0.192. The van der Waals surface area contributed by atoms with Crippen molar-refractivity contribution in [3.05, 3.63) is 75.7 Å². The zero-order valence-corrected chi connectivity index (χ0v) is 18.2. The van der Waals surface area contributed by atoms with Gasteiger partial charge in [-0.3, -0.25) is 4.79 Å². The molecule has 2 heterocycles. The quantitative estimate of drug-likeness (QED) is 0.455. The first-order chi connectivity index (χ1) is 15.7. The molecular formula is C24H21F3N2O3S. The molecular weight excluding hydrogens is 453 g/mol. The van der Waals surface area contributed by atoms with Crippen LogP contribution in [0.2, 0.25) is 0 Å². The summed E-state index contributed by atoms with van der Waals surface area (Å²) in [7, 11) is 0. The Balaban J connectivity index is 0.000000325. The number of carbonyl (C=O) groups excluding carboxylic acids is 1. The number of rotatable bonds is 2. The summed E-state index contributed by atoms with van der Waals surface area (Å²) in [6.45, 7) is 0.754. The third-order valence-electron chi connectivity index (χ3n) is 5.86. The lowest BCUT2D eigenvalue weighted by Gasteiger charge is -2.28. The van der Waals surface area contributed by atoms with Crippen molar-refractivity contribution in [2.75, 3.05) is 5.32 Å². The van der Waals surface area contributed by atoms with Gasteiger partial charge in [-0.25, -0.2) is 4.79 Å². The van der Waals surface area contributed by atoms with E-state index >= 15 is 0 Å². The smallest absolute Gasteiger partial charge is 0.475 e. The number of fused-ring (bicyclic) bond motifs is 4. The van der Waals surface area contributed by atoms with E-state index < -0.39 is 12.1 Å². The van der Waals surface area contributed by atoms with Gasteiger partial charge in [-0.2, -0.15) is 13.2 Å². The van der Waals surface area contributed by atoms with E-state index in [0.717, 1.165) is 41.9 Å². The molecule has 172 valence electrons. The van der Waals surface area contributed by atoms with E-state index in [1.165, 1.54) is 27.1 Å². The molecule has 9 heteroatoms. The van der Waals surface area contributed by atoms with Crippen molar-refractivity contribution in [2.45, 2.75) is 37.9 Å². The van der Waals surface area contributed by atoms with Gasteiger partial charge in [-0.15, -0.1) is 11.3 Å². The topological polar surface area (TPSA) is 92.4 Å². The zero-order valence-electron chi connectivity index (χ0n) is 17.4. The number of para-hydroxylation sites is 1. The average molecular weight is 475 g/mol. The lowest BCUT2D eigenvalue weighted by Crippen LogP contribution is -2.21. The van der Waals surface area contributed by atoms with E-state index in [9.17, 15) is 18.0 Å². The second-order valence-corrected chi connectivity index (χ2v) is 8.88. The maximum atomic E-state index is 12.3. The van der Waals surface area contributed by atoms with Crippen LogP contribution in [0, 0.1) is 0 Å². The highest BCUT2D eigenvalue weighted by Gasteiger charge is 2.38. The number of carboxylic acid groups (broad SMARTS) is 1. The van der Waals surface area contributed by atoms with Crippen LogP contribution in [0.5, 0.6) is 0 Å². The van der Waals surface area contributed by atoms with Crippen molar-refractivity contribution in [1.82, 2.24) is 0 Å². The number of anilines is 1. The second-order valence-electron chi connectivity index (χ2n) is 7.86. The van der Waals surface area contributed by atoms with E-state index in [2.05, 4.69) is 47.8 Å². The number of thiophene rings is 1. The van der Waals surface area contributed by atoms with Gasteiger partial charge in [0, 0.05) is 28.6 Å². The minimum absolute atomic E-state index is 0.259. The van der Waals surface area contributed by atoms with Crippen LogP contribution in [0.1, 0.15) is 50.7 Å². The molecule has 1 aliphatic carbocycles. The summed E-state index contributed by atoms with van der Waals surface area (Å²) < 4.78 is 31.7. The number of carboxylic acids is 1. The van der Waals surface area contributed by atoms with Gasteiger partial charge in [-0.05, 0) is 47.6 Å². The molecule has 1 aromatic heterocycles. The monoisotopic (exact) mass is 474 g/mol. The van der Waals surface area contributed by atoms with Gasteiger partial charge in [0.15, 0.2) is 0 Å². The summed E-state index contributed by atoms with van der Waals surface area (Å²) in [5.74, 6) is -2.80. The summed E-state index contributed by atoms with van der Waals surface area (Å²) in [4.78, 5) is 23.1. The number of aryl methyl sites for hydroxylation is 1. The highest BCUT2D eigenvalue weighted by Crippen LogP contribution is 2.49. The minimum atomic E-state index is -5.08. The van der Waals surface area contributed by atoms with Crippen molar-refractivity contribution in [1.29, 1.82) is 0 Å². The Morgan fingerprint density at radius 3 is 2.45 bits per heavy atom. The third kappa shape index (κ3) is 4.45. The number of hydrogen-bond donors (Lipinski definition) is 3. The highest BCUT2D eigenvalue weighted by molar-refractivity contribution is 7.18. The molecule has 3 aromatic rings. The molecule has 0 spiro atoms. The van der Waals surface area contributed by atoms with Crippen molar-refractivity contribution in [3.8, 4) is 10.4 Å². The van der Waals surface area contributed by atoms with Gasteiger partial charge >= 0.3 is 12.1 Å². The molecule has 1 aliphatic heterocycles. The molecule has 0 saturated heterocycles. The first-order valence-corrected chi connectivity index (χ1v) is 11.2. The lowest BCUT2D eigenvalue weighted by atomic mass is 9.77. The first kappa shape index (κ1) is 22.8. The molecule has 2 aromatic carbocycles. The van der Waals surface area contributed by atoms with E-state index in [1.54, 1.807) is 11.3 Å². The molecule has 33 heavy (non-hydrogen) atoms. The fourth-order valence-corrected chi connectivity index (χ4v) is 5.77. The Morgan fingerprint density at radius 2 is 1.76 bits per heavy atom. The molecule has 1 amide bonds. The van der Waals surface area contributed by atoms with E-state index in [1.807, 2.05) is 6.07 Å². The molecule has 5 nitrogen and oxygen atoms in total. The number of amides is 1. The predicted molar refractivity (Wildman–Crippen MR) is 121 cm³/mol. The van der Waals surface area contributed by atoms with Crippen molar-refractivity contribution < 1.29 is 27.9 Å². The highest BCUT2D eigenvalue weighted by atomic mass is 32.1. The number of benzene rings is 2. The summed E-state index contributed by atoms with van der Waals surface area (Å²) in [5, 5.41) is 10.7. The maximum Gasteiger partial charge on any atom is 0.490 e. The molecule has 5 rings (SSSR count). The van der Waals surface area contributed by atoms with Crippen molar-refractivity contribution in [3.63, 3.8) is 0 Å². The summed E-state index contributed by atoms with van der Waals surface area (Å²) >= 11 is 1.57. The van der Waals surface area contributed by atoms with Gasteiger partial charge in [-0.1, -0.05) is 42.5 Å². The van der Waals surface area contributed by atoms with Gasteiger partial charge in [0.25, 0.3) is 5.91 Å². The molecule has 0 saturated carbocycles. The Labute approximate surface area is 192 Å². The number of alkyl halides is 3. The van der Waals surface area contributed by atoms with Crippen molar-refractivity contribution in [2.24, 2.45) is 5.73 Å². The van der Waals surface area contributed by atoms with Gasteiger partial charge in [0.2, 0.25) is 0 Å². The summed E-state index contributed by atoms with van der Waals surface area (Å²) in [6, 6.07) is 17.0. The SMILES string of the molecule is NC(=O)c1sc2c(c1C1CCCc3ccccc31)CNc1ccccc1-2.O=C(O)C(F)(F)F. The number of aliphatic carboxylic acids is 1. The van der Waals surface area contributed by atoms with Crippen LogP contribution in [0.4, 0.5) is 18.9 Å².